The number of hydrogen-bond donors (Lipinski definition) is 0. The molecule has 140 valence electrons. The number of carbonyl (C=O) groups excluding carboxylic acids is 1. The van der Waals surface area contributed by atoms with E-state index in [0.29, 0.717) is 13.1 Å². The summed E-state index contributed by atoms with van der Waals surface area (Å²) in [4.78, 5) is 15.6. The van der Waals surface area contributed by atoms with Gasteiger partial charge < -0.3 is 9.47 Å². The summed E-state index contributed by atoms with van der Waals surface area (Å²) < 4.78 is 4.07. The quantitative estimate of drug-likeness (QED) is 0.519. The van der Waals surface area contributed by atoms with Crippen LogP contribution in [-0.4, -0.2) is 25.2 Å². The first kappa shape index (κ1) is 17.0. The van der Waals surface area contributed by atoms with Crippen LogP contribution >= 0.6 is 11.3 Å². The zero-order valence-corrected chi connectivity index (χ0v) is 16.6. The molecule has 4 heterocycles. The van der Waals surface area contributed by atoms with Crippen LogP contribution in [0.1, 0.15) is 32.1 Å². The Kier molecular flexibility index (Phi) is 3.94. The Morgan fingerprint density at radius 2 is 1.79 bits per heavy atom. The smallest absolute Gasteiger partial charge is 0.264 e. The lowest BCUT2D eigenvalue weighted by atomic mass is 10.2. The molecule has 1 aromatic carbocycles. The standard InChI is InChI=1S/C22H20N4OS/c1-15-5-7-17(8-6-15)26-21(24-9-3-4-10-24)18-12-25(13-19(18)23-26)22(27)20-11-16(2)14-28-20/h3-11,14H,12-13H2,1-2H3. The molecule has 0 radical (unpaired) electrons. The van der Waals surface area contributed by atoms with Crippen LogP contribution < -0.4 is 0 Å². The molecule has 1 aliphatic rings. The normalized spacial score (nSPS) is 13.1. The highest BCUT2D eigenvalue weighted by molar-refractivity contribution is 7.12. The van der Waals surface area contributed by atoms with Gasteiger partial charge in [-0.1, -0.05) is 17.7 Å². The molecule has 28 heavy (non-hydrogen) atoms. The highest BCUT2D eigenvalue weighted by Crippen LogP contribution is 2.32. The van der Waals surface area contributed by atoms with E-state index in [9.17, 15) is 4.79 Å². The first-order valence-electron chi connectivity index (χ1n) is 9.26. The molecule has 0 atom stereocenters. The number of nitrogens with zero attached hydrogens (tertiary/aromatic N) is 4. The van der Waals surface area contributed by atoms with Crippen molar-refractivity contribution in [2.24, 2.45) is 0 Å². The SMILES string of the molecule is Cc1ccc(-n2nc3c(c2-n2cccc2)CN(C(=O)c2cc(C)cs2)C3)cc1. The van der Waals surface area contributed by atoms with Crippen molar-refractivity contribution in [1.29, 1.82) is 0 Å². The number of aryl methyl sites for hydroxylation is 2. The molecule has 6 heteroatoms. The van der Waals surface area contributed by atoms with E-state index in [2.05, 4.69) is 35.8 Å². The summed E-state index contributed by atoms with van der Waals surface area (Å²) in [6.45, 7) is 5.21. The molecule has 0 unspecified atom stereocenters. The molecule has 0 bridgehead atoms. The van der Waals surface area contributed by atoms with Crippen LogP contribution in [0.5, 0.6) is 0 Å². The van der Waals surface area contributed by atoms with Crippen LogP contribution in [0.4, 0.5) is 0 Å². The number of benzene rings is 1. The topological polar surface area (TPSA) is 43.1 Å². The Morgan fingerprint density at radius 3 is 2.46 bits per heavy atom. The second-order valence-corrected chi connectivity index (χ2v) is 8.15. The van der Waals surface area contributed by atoms with Gasteiger partial charge in [-0.25, -0.2) is 4.68 Å². The summed E-state index contributed by atoms with van der Waals surface area (Å²) in [5.41, 5.74) is 5.44. The van der Waals surface area contributed by atoms with Crippen LogP contribution in [0, 0.1) is 13.8 Å². The van der Waals surface area contributed by atoms with E-state index in [1.807, 2.05) is 52.5 Å². The fourth-order valence-corrected chi connectivity index (χ4v) is 4.52. The Hall–Kier alpha value is -3.12. The maximum absolute atomic E-state index is 12.9. The van der Waals surface area contributed by atoms with Crippen molar-refractivity contribution >= 4 is 17.2 Å². The van der Waals surface area contributed by atoms with E-state index in [1.54, 1.807) is 0 Å². The molecule has 4 aromatic rings. The van der Waals surface area contributed by atoms with E-state index in [4.69, 9.17) is 5.10 Å². The average Bonchev–Trinajstić information content (AvgIpc) is 3.45. The second kappa shape index (κ2) is 6.49. The van der Waals surface area contributed by atoms with Crippen LogP contribution in [-0.2, 0) is 13.1 Å². The van der Waals surface area contributed by atoms with E-state index in [0.717, 1.165) is 33.2 Å². The van der Waals surface area contributed by atoms with Crippen molar-refractivity contribution in [3.8, 4) is 11.5 Å². The molecule has 0 saturated carbocycles. The molecular weight excluding hydrogens is 368 g/mol. The molecular formula is C22H20N4OS. The molecule has 5 rings (SSSR count). The summed E-state index contributed by atoms with van der Waals surface area (Å²) in [6.07, 6.45) is 4.05. The minimum absolute atomic E-state index is 0.0800. The monoisotopic (exact) mass is 388 g/mol. The van der Waals surface area contributed by atoms with Crippen LogP contribution in [0.2, 0.25) is 0 Å². The van der Waals surface area contributed by atoms with Crippen LogP contribution in [0.25, 0.3) is 11.5 Å². The minimum Gasteiger partial charge on any atom is -0.327 e. The first-order chi connectivity index (χ1) is 13.6. The van der Waals surface area contributed by atoms with Gasteiger partial charge in [-0.2, -0.15) is 5.10 Å². The minimum atomic E-state index is 0.0800. The molecule has 0 fully saturated rings. The fourth-order valence-electron chi connectivity index (χ4n) is 3.65. The van der Waals surface area contributed by atoms with Gasteiger partial charge in [-0.3, -0.25) is 4.79 Å². The highest BCUT2D eigenvalue weighted by atomic mass is 32.1. The number of thiophene rings is 1. The van der Waals surface area contributed by atoms with Crippen molar-refractivity contribution < 1.29 is 4.79 Å². The summed E-state index contributed by atoms with van der Waals surface area (Å²) in [6, 6.07) is 14.3. The average molecular weight is 388 g/mol. The Morgan fingerprint density at radius 1 is 1.04 bits per heavy atom. The largest absolute Gasteiger partial charge is 0.327 e. The van der Waals surface area contributed by atoms with Crippen molar-refractivity contribution in [2.75, 3.05) is 0 Å². The molecule has 3 aromatic heterocycles. The number of hydrogen-bond acceptors (Lipinski definition) is 3. The van der Waals surface area contributed by atoms with Gasteiger partial charge in [0, 0.05) is 18.0 Å². The van der Waals surface area contributed by atoms with Crippen LogP contribution in [0.3, 0.4) is 0 Å². The maximum Gasteiger partial charge on any atom is 0.264 e. The number of amides is 1. The molecule has 0 aliphatic carbocycles. The highest BCUT2D eigenvalue weighted by Gasteiger charge is 2.32. The molecule has 5 nitrogen and oxygen atoms in total. The third-order valence-electron chi connectivity index (χ3n) is 5.09. The third kappa shape index (κ3) is 2.77. The zero-order valence-electron chi connectivity index (χ0n) is 15.8. The lowest BCUT2D eigenvalue weighted by molar-refractivity contribution is 0.0754. The van der Waals surface area contributed by atoms with Gasteiger partial charge in [0.25, 0.3) is 5.91 Å². The zero-order chi connectivity index (χ0) is 19.3. The lowest BCUT2D eigenvalue weighted by Crippen LogP contribution is -2.25. The van der Waals surface area contributed by atoms with Gasteiger partial charge in [-0.05, 0) is 55.1 Å². The second-order valence-electron chi connectivity index (χ2n) is 7.24. The first-order valence-corrected chi connectivity index (χ1v) is 10.1. The fraction of sp³-hybridized carbons (Fsp3) is 0.182. The number of aromatic nitrogens is 3. The van der Waals surface area contributed by atoms with Gasteiger partial charge >= 0.3 is 0 Å². The van der Waals surface area contributed by atoms with Crippen molar-refractivity contribution in [1.82, 2.24) is 19.2 Å². The van der Waals surface area contributed by atoms with Gasteiger partial charge in [0.1, 0.15) is 5.82 Å². The summed E-state index contributed by atoms with van der Waals surface area (Å²) in [5.74, 6) is 1.08. The predicted octanol–water partition coefficient (Wildman–Crippen LogP) is 4.50. The molecule has 0 saturated heterocycles. The van der Waals surface area contributed by atoms with E-state index in [1.165, 1.54) is 16.9 Å². The van der Waals surface area contributed by atoms with Crippen LogP contribution in [0.15, 0.2) is 60.2 Å². The van der Waals surface area contributed by atoms with Crippen molar-refractivity contribution in [2.45, 2.75) is 26.9 Å². The number of fused-ring (bicyclic) bond motifs is 1. The number of carbonyl (C=O) groups is 1. The number of rotatable bonds is 3. The lowest BCUT2D eigenvalue weighted by Gasteiger charge is -2.17. The van der Waals surface area contributed by atoms with Crippen molar-refractivity contribution in [3.05, 3.63) is 87.5 Å². The van der Waals surface area contributed by atoms with E-state index in [-0.39, 0.29) is 5.91 Å². The molecule has 1 aliphatic heterocycles. The van der Waals surface area contributed by atoms with Gasteiger partial charge in [0.2, 0.25) is 0 Å². The van der Waals surface area contributed by atoms with Gasteiger partial charge in [-0.15, -0.1) is 11.3 Å². The predicted molar refractivity (Wildman–Crippen MR) is 110 cm³/mol. The van der Waals surface area contributed by atoms with Gasteiger partial charge in [0.05, 0.1) is 29.3 Å². The Bertz CT molecular complexity index is 1150. The van der Waals surface area contributed by atoms with Gasteiger partial charge in [0.15, 0.2) is 0 Å². The molecule has 0 spiro atoms. The van der Waals surface area contributed by atoms with Crippen molar-refractivity contribution in [3.63, 3.8) is 0 Å². The third-order valence-corrected chi connectivity index (χ3v) is 6.12. The Balaban J connectivity index is 1.55. The molecule has 1 amide bonds. The van der Waals surface area contributed by atoms with E-state index < -0.39 is 0 Å². The summed E-state index contributed by atoms with van der Waals surface area (Å²) in [5, 5.41) is 6.90. The molecule has 0 N–H and O–H groups in total. The Labute approximate surface area is 167 Å². The summed E-state index contributed by atoms with van der Waals surface area (Å²) in [7, 11) is 0. The maximum atomic E-state index is 12.9. The van der Waals surface area contributed by atoms with E-state index >= 15 is 0 Å². The summed E-state index contributed by atoms with van der Waals surface area (Å²) >= 11 is 1.51.